The van der Waals surface area contributed by atoms with E-state index in [0.29, 0.717) is 4.34 Å². The molecule has 0 spiro atoms. The normalized spacial score (nSPS) is 11.4. The van der Waals surface area contributed by atoms with Gasteiger partial charge in [-0.1, -0.05) is 11.6 Å². The Hall–Kier alpha value is -1.18. The van der Waals surface area contributed by atoms with Gasteiger partial charge in [-0.25, -0.2) is 13.4 Å². The summed E-state index contributed by atoms with van der Waals surface area (Å²) < 4.78 is 26.0. The van der Waals surface area contributed by atoms with Gasteiger partial charge in [0.25, 0.3) is 10.0 Å². The highest BCUT2D eigenvalue weighted by Crippen LogP contribution is 2.28. The van der Waals surface area contributed by atoms with Crippen molar-refractivity contribution in [2.24, 2.45) is 0 Å². The summed E-state index contributed by atoms with van der Waals surface area (Å²) in [5.74, 6) is 0.261. The molecule has 5 nitrogen and oxygen atoms in total. The third kappa shape index (κ3) is 2.41. The average Bonchev–Trinajstić information content (AvgIpc) is 2.77. The van der Waals surface area contributed by atoms with E-state index in [-0.39, 0.29) is 10.0 Å². The van der Waals surface area contributed by atoms with Crippen LogP contribution in [-0.4, -0.2) is 25.4 Å². The minimum absolute atomic E-state index is 0.177. The number of halogens is 1. The number of nitrogens with zero attached hydrogens (tertiary/aromatic N) is 3. The number of hydrogen-bond donors (Lipinski definition) is 0. The molecular weight excluding hydrogens is 282 g/mol. The lowest BCUT2D eigenvalue weighted by Crippen LogP contribution is -2.26. The first-order chi connectivity index (χ1) is 8.01. The second-order valence-electron chi connectivity index (χ2n) is 3.09. The molecule has 0 aliphatic rings. The Morgan fingerprint density at radius 3 is 2.65 bits per heavy atom. The summed E-state index contributed by atoms with van der Waals surface area (Å²) in [6.07, 6.45) is 4.29. The fraction of sp³-hybridized carbons (Fsp3) is 0.111. The van der Waals surface area contributed by atoms with Crippen molar-refractivity contribution < 1.29 is 8.42 Å². The largest absolute Gasteiger partial charge is 0.274 e. The lowest BCUT2D eigenvalue weighted by molar-refractivity contribution is 0.596. The van der Waals surface area contributed by atoms with Crippen LogP contribution in [0.5, 0.6) is 0 Å². The van der Waals surface area contributed by atoms with Crippen molar-refractivity contribution in [3.63, 3.8) is 0 Å². The predicted octanol–water partition coefficient (Wildman–Crippen LogP) is 2.02. The molecule has 2 aromatic rings. The fourth-order valence-corrected chi connectivity index (χ4v) is 3.94. The Labute approximate surface area is 108 Å². The van der Waals surface area contributed by atoms with Crippen LogP contribution in [0.15, 0.2) is 34.9 Å². The van der Waals surface area contributed by atoms with Crippen LogP contribution in [0.2, 0.25) is 4.34 Å². The molecular formula is C9H8ClN3O2S2. The number of sulfonamides is 1. The number of aromatic nitrogens is 2. The Balaban J connectivity index is 2.40. The number of rotatable bonds is 3. The van der Waals surface area contributed by atoms with Gasteiger partial charge in [-0.2, -0.15) is 0 Å². The molecule has 2 aromatic heterocycles. The molecule has 0 aliphatic heterocycles. The van der Waals surface area contributed by atoms with E-state index in [9.17, 15) is 8.42 Å². The fourth-order valence-electron chi connectivity index (χ4n) is 1.15. The van der Waals surface area contributed by atoms with Gasteiger partial charge in [0.15, 0.2) is 5.82 Å². The van der Waals surface area contributed by atoms with Crippen LogP contribution in [0.25, 0.3) is 0 Å². The van der Waals surface area contributed by atoms with Crippen molar-refractivity contribution in [2.45, 2.75) is 4.21 Å². The highest BCUT2D eigenvalue weighted by molar-refractivity contribution is 7.94. The maximum absolute atomic E-state index is 12.2. The van der Waals surface area contributed by atoms with Gasteiger partial charge in [0.1, 0.15) is 4.21 Å². The van der Waals surface area contributed by atoms with Gasteiger partial charge < -0.3 is 0 Å². The van der Waals surface area contributed by atoms with Gasteiger partial charge in [0.05, 0.1) is 10.5 Å². The van der Waals surface area contributed by atoms with Crippen molar-refractivity contribution in [1.82, 2.24) is 9.97 Å². The number of anilines is 1. The molecule has 90 valence electrons. The van der Waals surface area contributed by atoms with Gasteiger partial charge in [-0.15, -0.1) is 11.3 Å². The lowest BCUT2D eigenvalue weighted by atomic mass is 10.7. The maximum Gasteiger partial charge on any atom is 0.274 e. The minimum Gasteiger partial charge on any atom is -0.259 e. The molecule has 2 heterocycles. The first-order valence-electron chi connectivity index (χ1n) is 4.52. The van der Waals surface area contributed by atoms with Crippen LogP contribution in [0.1, 0.15) is 0 Å². The van der Waals surface area contributed by atoms with Crippen LogP contribution >= 0.6 is 22.9 Å². The number of hydrogen-bond acceptors (Lipinski definition) is 5. The molecule has 0 aliphatic carbocycles. The first-order valence-corrected chi connectivity index (χ1v) is 7.15. The Morgan fingerprint density at radius 1 is 1.35 bits per heavy atom. The van der Waals surface area contributed by atoms with Crippen molar-refractivity contribution in [1.29, 1.82) is 0 Å². The molecule has 0 fully saturated rings. The monoisotopic (exact) mass is 289 g/mol. The van der Waals surface area contributed by atoms with Crippen molar-refractivity contribution in [2.75, 3.05) is 11.4 Å². The summed E-state index contributed by atoms with van der Waals surface area (Å²) in [5, 5.41) is 0. The SMILES string of the molecule is CN(c1cnccn1)S(=O)(=O)c1ccc(Cl)s1. The molecule has 0 atom stereocenters. The molecule has 0 radical (unpaired) electrons. The van der Waals surface area contributed by atoms with Gasteiger partial charge in [0, 0.05) is 19.4 Å². The standard InChI is InChI=1S/C9H8ClN3O2S2/c1-13(8-6-11-4-5-12-8)17(14,15)9-3-2-7(10)16-9/h2-6H,1H3. The van der Waals surface area contributed by atoms with Crippen LogP contribution in [0.3, 0.4) is 0 Å². The van der Waals surface area contributed by atoms with E-state index in [0.717, 1.165) is 15.6 Å². The van der Waals surface area contributed by atoms with Gasteiger partial charge in [-0.05, 0) is 12.1 Å². The third-order valence-electron chi connectivity index (χ3n) is 2.04. The van der Waals surface area contributed by atoms with E-state index in [2.05, 4.69) is 9.97 Å². The molecule has 0 N–H and O–H groups in total. The third-order valence-corrected chi connectivity index (χ3v) is 5.50. The summed E-state index contributed by atoms with van der Waals surface area (Å²) in [4.78, 5) is 7.76. The highest BCUT2D eigenvalue weighted by Gasteiger charge is 2.23. The zero-order valence-corrected chi connectivity index (χ0v) is 11.1. The average molecular weight is 290 g/mol. The van der Waals surface area contributed by atoms with Crippen LogP contribution in [0, 0.1) is 0 Å². The van der Waals surface area contributed by atoms with Crippen molar-refractivity contribution in [3.8, 4) is 0 Å². The molecule has 17 heavy (non-hydrogen) atoms. The van der Waals surface area contributed by atoms with E-state index >= 15 is 0 Å². The molecule has 0 unspecified atom stereocenters. The van der Waals surface area contributed by atoms with E-state index in [4.69, 9.17) is 11.6 Å². The zero-order chi connectivity index (χ0) is 12.5. The van der Waals surface area contributed by atoms with E-state index < -0.39 is 10.0 Å². The minimum atomic E-state index is -3.61. The Morgan fingerprint density at radius 2 is 2.12 bits per heavy atom. The van der Waals surface area contributed by atoms with Crippen LogP contribution in [-0.2, 0) is 10.0 Å². The molecule has 0 saturated carbocycles. The second-order valence-corrected chi connectivity index (χ2v) is 7.01. The van der Waals surface area contributed by atoms with Crippen molar-refractivity contribution >= 4 is 38.8 Å². The Kier molecular flexibility index (Phi) is 3.32. The smallest absolute Gasteiger partial charge is 0.259 e. The van der Waals surface area contributed by atoms with E-state index in [1.165, 1.54) is 31.7 Å². The van der Waals surface area contributed by atoms with Gasteiger partial charge >= 0.3 is 0 Å². The molecule has 8 heteroatoms. The molecule has 0 bridgehead atoms. The van der Waals surface area contributed by atoms with E-state index in [1.807, 2.05) is 0 Å². The first kappa shape index (κ1) is 12.3. The van der Waals surface area contributed by atoms with Crippen molar-refractivity contribution in [3.05, 3.63) is 35.1 Å². The quantitative estimate of drug-likeness (QED) is 0.867. The molecule has 2 rings (SSSR count). The topological polar surface area (TPSA) is 63.2 Å². The van der Waals surface area contributed by atoms with Gasteiger partial charge in [-0.3, -0.25) is 9.29 Å². The highest BCUT2D eigenvalue weighted by atomic mass is 35.5. The predicted molar refractivity (Wildman–Crippen MR) is 66.9 cm³/mol. The summed E-state index contributed by atoms with van der Waals surface area (Å²) in [6.45, 7) is 0. The van der Waals surface area contributed by atoms with Gasteiger partial charge in [0.2, 0.25) is 0 Å². The molecule has 0 saturated heterocycles. The number of thiophene rings is 1. The summed E-state index contributed by atoms with van der Waals surface area (Å²) >= 11 is 6.73. The van der Waals surface area contributed by atoms with E-state index in [1.54, 1.807) is 6.07 Å². The molecule has 0 amide bonds. The summed E-state index contributed by atoms with van der Waals surface area (Å²) in [5.41, 5.74) is 0. The zero-order valence-electron chi connectivity index (χ0n) is 8.74. The lowest BCUT2D eigenvalue weighted by Gasteiger charge is -2.16. The van der Waals surface area contributed by atoms with Crippen LogP contribution < -0.4 is 4.31 Å². The Bertz CT molecular complexity index is 612. The summed E-state index contributed by atoms with van der Waals surface area (Å²) in [7, 11) is -2.18. The maximum atomic E-state index is 12.2. The molecule has 0 aromatic carbocycles. The van der Waals surface area contributed by atoms with Crippen LogP contribution in [0.4, 0.5) is 5.82 Å². The summed E-state index contributed by atoms with van der Waals surface area (Å²) in [6, 6.07) is 3.01. The second kappa shape index (κ2) is 4.59.